The summed E-state index contributed by atoms with van der Waals surface area (Å²) in [7, 11) is 1.63. The van der Waals surface area contributed by atoms with Crippen LogP contribution in [0.25, 0.3) is 10.8 Å². The van der Waals surface area contributed by atoms with Crippen molar-refractivity contribution in [1.82, 2.24) is 4.90 Å². The quantitative estimate of drug-likeness (QED) is 0.463. The first-order chi connectivity index (χ1) is 16.0. The highest BCUT2D eigenvalue weighted by Gasteiger charge is 2.40. The van der Waals surface area contributed by atoms with Gasteiger partial charge in [0.25, 0.3) is 0 Å². The molecule has 0 saturated carbocycles. The van der Waals surface area contributed by atoms with E-state index in [0.29, 0.717) is 28.9 Å². The predicted molar refractivity (Wildman–Crippen MR) is 133 cm³/mol. The number of anilines is 1. The van der Waals surface area contributed by atoms with E-state index >= 15 is 0 Å². The second kappa shape index (κ2) is 8.66. The van der Waals surface area contributed by atoms with Gasteiger partial charge in [-0.3, -0.25) is 9.69 Å². The van der Waals surface area contributed by atoms with E-state index in [1.165, 1.54) is 11.8 Å². The fraction of sp³-hybridized carbons (Fsp3) is 0.231. The fourth-order valence-corrected chi connectivity index (χ4v) is 6.04. The lowest BCUT2D eigenvalue weighted by Crippen LogP contribution is -2.47. The average molecular weight is 476 g/mol. The van der Waals surface area contributed by atoms with Crippen molar-refractivity contribution in [2.24, 2.45) is 0 Å². The number of nitrogens with zero attached hydrogens (tertiary/aromatic N) is 3. The van der Waals surface area contributed by atoms with Crippen molar-refractivity contribution in [1.29, 1.82) is 5.26 Å². The second-order valence-electron chi connectivity index (χ2n) is 8.15. The molecule has 1 atom stereocenters. The third kappa shape index (κ3) is 3.62. The predicted octanol–water partition coefficient (Wildman–Crippen LogP) is 6.03. The number of rotatable bonds is 3. The third-order valence-corrected chi connectivity index (χ3v) is 7.94. The molecule has 5 rings (SSSR count). The summed E-state index contributed by atoms with van der Waals surface area (Å²) in [5, 5.41) is 13.7. The Balaban J connectivity index is 1.58. The van der Waals surface area contributed by atoms with Crippen molar-refractivity contribution < 1.29 is 9.53 Å². The van der Waals surface area contributed by atoms with Crippen LogP contribution in [0, 0.1) is 18.3 Å². The molecular formula is C26H22ClN3O2S. The maximum atomic E-state index is 13.4. The van der Waals surface area contributed by atoms with Crippen LogP contribution in [0.2, 0.25) is 5.02 Å². The second-order valence-corrected chi connectivity index (χ2v) is 9.49. The number of hydrogen-bond donors (Lipinski definition) is 0. The van der Waals surface area contributed by atoms with Gasteiger partial charge in [-0.05, 0) is 41.5 Å². The molecule has 3 aromatic carbocycles. The number of carbonyl (C=O) groups is 1. The Morgan fingerprint density at radius 1 is 1.15 bits per heavy atom. The fourth-order valence-electron chi connectivity index (χ4n) is 4.71. The van der Waals surface area contributed by atoms with Gasteiger partial charge in [-0.1, -0.05) is 59.8 Å². The van der Waals surface area contributed by atoms with E-state index in [0.717, 1.165) is 32.6 Å². The van der Waals surface area contributed by atoms with Crippen molar-refractivity contribution in [3.05, 3.63) is 81.3 Å². The first-order valence-corrected chi connectivity index (χ1v) is 12.0. The minimum absolute atomic E-state index is 0.000804. The Morgan fingerprint density at radius 2 is 1.97 bits per heavy atom. The molecule has 0 N–H and O–H groups in total. The summed E-state index contributed by atoms with van der Waals surface area (Å²) in [6.07, 6.45) is 0.222. The van der Waals surface area contributed by atoms with Gasteiger partial charge in [-0.25, -0.2) is 0 Å². The summed E-state index contributed by atoms with van der Waals surface area (Å²) in [5.41, 5.74) is 3.51. The SMILES string of the molecule is COc1ccc2ccccc2c1[C@@H]1CC(=O)N2CN(c3cccc(Cl)c3C)CSC2=C1C#N. The molecule has 0 radical (unpaired) electrons. The first-order valence-electron chi connectivity index (χ1n) is 10.7. The van der Waals surface area contributed by atoms with Crippen LogP contribution in [0.15, 0.2) is 65.2 Å². The molecule has 33 heavy (non-hydrogen) atoms. The van der Waals surface area contributed by atoms with Crippen LogP contribution in [0.4, 0.5) is 5.69 Å². The van der Waals surface area contributed by atoms with Crippen LogP contribution < -0.4 is 9.64 Å². The topological polar surface area (TPSA) is 56.6 Å². The van der Waals surface area contributed by atoms with Crippen LogP contribution in [0.5, 0.6) is 5.75 Å². The Labute approximate surface area is 202 Å². The van der Waals surface area contributed by atoms with E-state index in [1.807, 2.05) is 61.5 Å². The van der Waals surface area contributed by atoms with Gasteiger partial charge in [0.1, 0.15) is 5.75 Å². The van der Waals surface area contributed by atoms with Crippen LogP contribution in [0.3, 0.4) is 0 Å². The molecule has 7 heteroatoms. The number of allylic oxidation sites excluding steroid dienone is 1. The van der Waals surface area contributed by atoms with Crippen LogP contribution in [-0.2, 0) is 4.79 Å². The maximum absolute atomic E-state index is 13.4. The summed E-state index contributed by atoms with van der Waals surface area (Å²) >= 11 is 7.85. The van der Waals surface area contributed by atoms with E-state index in [9.17, 15) is 10.1 Å². The van der Waals surface area contributed by atoms with E-state index in [2.05, 4.69) is 11.0 Å². The van der Waals surface area contributed by atoms with Gasteiger partial charge in [0.2, 0.25) is 5.91 Å². The number of carbonyl (C=O) groups excluding carboxylic acids is 1. The van der Waals surface area contributed by atoms with Gasteiger partial charge < -0.3 is 9.64 Å². The van der Waals surface area contributed by atoms with Crippen LogP contribution in [0.1, 0.15) is 23.5 Å². The number of thioether (sulfide) groups is 1. The largest absolute Gasteiger partial charge is 0.496 e. The van der Waals surface area contributed by atoms with Crippen molar-refractivity contribution >= 4 is 45.7 Å². The van der Waals surface area contributed by atoms with Crippen molar-refractivity contribution in [2.75, 3.05) is 24.6 Å². The van der Waals surface area contributed by atoms with Crippen LogP contribution in [-0.4, -0.2) is 30.5 Å². The van der Waals surface area contributed by atoms with Gasteiger partial charge in [0, 0.05) is 28.6 Å². The number of ether oxygens (including phenoxy) is 1. The van der Waals surface area contributed by atoms with Gasteiger partial charge >= 0.3 is 0 Å². The molecule has 1 fully saturated rings. The average Bonchev–Trinajstić information content (AvgIpc) is 2.84. The normalized spacial score (nSPS) is 18.4. The zero-order valence-corrected chi connectivity index (χ0v) is 19.9. The molecule has 2 heterocycles. The Morgan fingerprint density at radius 3 is 2.76 bits per heavy atom. The molecule has 5 nitrogen and oxygen atoms in total. The lowest BCUT2D eigenvalue weighted by molar-refractivity contribution is -0.129. The summed E-state index contributed by atoms with van der Waals surface area (Å²) < 4.78 is 5.69. The molecule has 2 aliphatic heterocycles. The molecule has 1 amide bonds. The minimum atomic E-state index is -0.346. The van der Waals surface area contributed by atoms with Gasteiger partial charge in [-0.2, -0.15) is 5.26 Å². The monoisotopic (exact) mass is 475 g/mol. The minimum Gasteiger partial charge on any atom is -0.496 e. The summed E-state index contributed by atoms with van der Waals surface area (Å²) in [4.78, 5) is 17.3. The van der Waals surface area contributed by atoms with Crippen molar-refractivity contribution in [2.45, 2.75) is 19.3 Å². The highest BCUT2D eigenvalue weighted by molar-refractivity contribution is 8.03. The molecule has 0 aliphatic carbocycles. The van der Waals surface area contributed by atoms with Crippen molar-refractivity contribution in [3.8, 4) is 11.8 Å². The molecular weight excluding hydrogens is 454 g/mol. The van der Waals surface area contributed by atoms with Gasteiger partial charge in [-0.15, -0.1) is 0 Å². The lowest BCUT2D eigenvalue weighted by atomic mass is 9.83. The molecule has 3 aromatic rings. The zero-order chi connectivity index (χ0) is 23.1. The number of benzene rings is 3. The number of amides is 1. The highest BCUT2D eigenvalue weighted by Crippen LogP contribution is 2.47. The Bertz CT molecular complexity index is 1350. The molecule has 0 spiro atoms. The molecule has 0 bridgehead atoms. The standard InChI is InChI=1S/C26H22ClN3O2S/c1-16-21(27)8-5-9-22(16)29-14-30-24(31)12-19(20(13-28)26(30)33-15-29)25-18-7-4-3-6-17(18)10-11-23(25)32-2/h3-11,19H,12,14-15H2,1-2H3/t19-/m1/s1. The lowest BCUT2D eigenvalue weighted by Gasteiger charge is -2.42. The number of methoxy groups -OCH3 is 1. The van der Waals surface area contributed by atoms with Crippen molar-refractivity contribution in [3.63, 3.8) is 0 Å². The van der Waals surface area contributed by atoms with E-state index in [1.54, 1.807) is 12.0 Å². The Kier molecular flexibility index (Phi) is 5.69. The summed E-state index contributed by atoms with van der Waals surface area (Å²) in [6.45, 7) is 2.38. The smallest absolute Gasteiger partial charge is 0.229 e. The maximum Gasteiger partial charge on any atom is 0.229 e. The molecule has 0 aromatic heterocycles. The first kappa shape index (κ1) is 21.7. The molecule has 2 aliphatic rings. The summed E-state index contributed by atoms with van der Waals surface area (Å²) in [5.74, 6) is 0.984. The molecule has 1 saturated heterocycles. The van der Waals surface area contributed by atoms with E-state index in [4.69, 9.17) is 16.3 Å². The van der Waals surface area contributed by atoms with E-state index < -0.39 is 0 Å². The zero-order valence-electron chi connectivity index (χ0n) is 18.3. The van der Waals surface area contributed by atoms with Gasteiger partial charge in [0.05, 0.1) is 36.3 Å². The highest BCUT2D eigenvalue weighted by atomic mass is 35.5. The number of fused-ring (bicyclic) bond motifs is 2. The third-order valence-electron chi connectivity index (χ3n) is 6.37. The number of hydrogen-bond acceptors (Lipinski definition) is 5. The Hall–Kier alpha value is -3.14. The number of nitriles is 1. The van der Waals surface area contributed by atoms with Crippen LogP contribution >= 0.6 is 23.4 Å². The van der Waals surface area contributed by atoms with E-state index in [-0.39, 0.29) is 18.2 Å². The number of halogens is 1. The summed E-state index contributed by atoms with van der Waals surface area (Å²) in [6, 6.07) is 20.2. The molecule has 166 valence electrons. The van der Waals surface area contributed by atoms with Gasteiger partial charge in [0.15, 0.2) is 0 Å². The molecule has 0 unspecified atom stereocenters.